The van der Waals surface area contributed by atoms with Crippen molar-refractivity contribution in [3.8, 4) is 5.75 Å². The fraction of sp³-hybridized carbons (Fsp3) is 0.273. The minimum absolute atomic E-state index is 0.0510. The monoisotopic (exact) mass is 538 g/mol. The number of benzene rings is 3. The molecule has 0 atom stereocenters. The lowest BCUT2D eigenvalue weighted by Crippen LogP contribution is -2.27. The summed E-state index contributed by atoms with van der Waals surface area (Å²) < 4.78 is 5.45. The van der Waals surface area contributed by atoms with Gasteiger partial charge in [0.15, 0.2) is 0 Å². The molecular formula is C33H38N4O3. The Hall–Kier alpha value is -4.52. The van der Waals surface area contributed by atoms with Crippen molar-refractivity contribution < 1.29 is 14.3 Å². The molecular weight excluding hydrogens is 500 g/mol. The van der Waals surface area contributed by atoms with Gasteiger partial charge in [0.1, 0.15) is 5.75 Å². The third kappa shape index (κ3) is 6.91. The molecule has 3 aromatic rings. The molecule has 0 saturated carbocycles. The number of anilines is 4. The summed E-state index contributed by atoms with van der Waals surface area (Å²) in [6.45, 7) is 9.22. The minimum atomic E-state index is -0.211. The van der Waals surface area contributed by atoms with Crippen LogP contribution in [0.25, 0.3) is 5.57 Å². The summed E-state index contributed by atoms with van der Waals surface area (Å²) in [6, 6.07) is 21.0. The number of para-hydroxylation sites is 2. The number of amides is 2. The van der Waals surface area contributed by atoms with E-state index >= 15 is 0 Å². The van der Waals surface area contributed by atoms with E-state index < -0.39 is 0 Å². The second-order valence-electron chi connectivity index (χ2n) is 10.3. The molecule has 0 bridgehead atoms. The number of hydrogen-bond acceptors (Lipinski definition) is 5. The number of methoxy groups -OCH3 is 1. The summed E-state index contributed by atoms with van der Waals surface area (Å²) in [5.41, 5.74) is 12.1. The van der Waals surface area contributed by atoms with Crippen molar-refractivity contribution in [3.05, 3.63) is 96.2 Å². The molecule has 4 rings (SSSR count). The van der Waals surface area contributed by atoms with E-state index in [0.29, 0.717) is 47.2 Å². The second-order valence-corrected chi connectivity index (χ2v) is 10.3. The molecule has 0 fully saturated rings. The highest BCUT2D eigenvalue weighted by molar-refractivity contribution is 6.17. The largest absolute Gasteiger partial charge is 0.497 e. The fourth-order valence-corrected chi connectivity index (χ4v) is 4.68. The molecule has 4 N–H and O–H groups in total. The van der Waals surface area contributed by atoms with Crippen molar-refractivity contribution in [2.75, 3.05) is 34.9 Å². The van der Waals surface area contributed by atoms with E-state index in [9.17, 15) is 9.59 Å². The van der Waals surface area contributed by atoms with E-state index in [-0.39, 0.29) is 11.8 Å². The molecule has 1 aliphatic rings. The van der Waals surface area contributed by atoms with Crippen LogP contribution in [0.3, 0.4) is 0 Å². The number of rotatable bonds is 11. The van der Waals surface area contributed by atoms with Crippen LogP contribution >= 0.6 is 0 Å². The summed E-state index contributed by atoms with van der Waals surface area (Å²) in [4.78, 5) is 27.8. The van der Waals surface area contributed by atoms with Gasteiger partial charge in [0.05, 0.1) is 24.1 Å². The first-order valence-corrected chi connectivity index (χ1v) is 13.7. The van der Waals surface area contributed by atoms with Gasteiger partial charge in [-0.15, -0.1) is 0 Å². The van der Waals surface area contributed by atoms with Gasteiger partial charge in [-0.1, -0.05) is 51.1 Å². The first kappa shape index (κ1) is 28.5. The normalized spacial score (nSPS) is 12.6. The molecule has 0 aliphatic carbocycles. The molecule has 40 heavy (non-hydrogen) atoms. The van der Waals surface area contributed by atoms with Crippen LogP contribution in [0.15, 0.2) is 85.1 Å². The number of ether oxygens (including phenoxy) is 1. The predicted octanol–water partition coefficient (Wildman–Crippen LogP) is 6.96. The smallest absolute Gasteiger partial charge is 0.257 e. The maximum absolute atomic E-state index is 13.4. The molecule has 0 aromatic heterocycles. The molecule has 2 amide bonds. The Balaban J connectivity index is 1.40. The average Bonchev–Trinajstić information content (AvgIpc) is 2.95. The van der Waals surface area contributed by atoms with E-state index in [1.165, 1.54) is 5.56 Å². The molecule has 0 spiro atoms. The van der Waals surface area contributed by atoms with Gasteiger partial charge in [0.25, 0.3) is 5.91 Å². The highest BCUT2D eigenvalue weighted by Gasteiger charge is 2.25. The molecule has 7 nitrogen and oxygen atoms in total. The number of unbranched alkanes of at least 4 members (excludes halogenated alkanes) is 2. The quantitative estimate of drug-likeness (QED) is 0.181. The number of carbonyl (C=O) groups is 2. The maximum Gasteiger partial charge on any atom is 0.257 e. The first-order valence-electron chi connectivity index (χ1n) is 13.7. The Morgan fingerprint density at radius 3 is 2.42 bits per heavy atom. The second kappa shape index (κ2) is 13.0. The molecule has 0 saturated heterocycles. The number of nitrogens with two attached hydrogens (primary N) is 1. The Morgan fingerprint density at radius 1 is 0.975 bits per heavy atom. The standard InChI is InChI=1S/C33H38N4O3/c1-22(2)24-13-15-25(16-14-24)35-33(39)28-21-37(31-18-17-26(40-4)20-27(31)23(28)3)19-9-5-6-12-32(38)36-30-11-8-7-10-29(30)34/h7-8,10-11,13-18,20-22H,3,5-6,9,12,19,34H2,1-2,4H3,(H,35,39)(H,36,38). The van der Waals surface area contributed by atoms with Crippen LogP contribution in [-0.2, 0) is 9.59 Å². The number of carbonyl (C=O) groups excluding carboxylic acids is 2. The van der Waals surface area contributed by atoms with E-state index in [0.717, 1.165) is 36.2 Å². The van der Waals surface area contributed by atoms with Gasteiger partial charge in [0, 0.05) is 36.1 Å². The van der Waals surface area contributed by atoms with Gasteiger partial charge in [-0.25, -0.2) is 0 Å². The lowest BCUT2D eigenvalue weighted by atomic mass is 9.93. The molecule has 3 aromatic carbocycles. The maximum atomic E-state index is 13.4. The highest BCUT2D eigenvalue weighted by atomic mass is 16.5. The Morgan fingerprint density at radius 2 is 1.73 bits per heavy atom. The number of hydrogen-bond donors (Lipinski definition) is 3. The van der Waals surface area contributed by atoms with Crippen molar-refractivity contribution in [2.24, 2.45) is 0 Å². The molecule has 0 radical (unpaired) electrons. The van der Waals surface area contributed by atoms with Gasteiger partial charge in [-0.2, -0.15) is 0 Å². The molecule has 7 heteroatoms. The third-order valence-corrected chi connectivity index (χ3v) is 7.07. The molecule has 208 valence electrons. The van der Waals surface area contributed by atoms with Gasteiger partial charge < -0.3 is 26.0 Å². The van der Waals surface area contributed by atoms with Gasteiger partial charge >= 0.3 is 0 Å². The summed E-state index contributed by atoms with van der Waals surface area (Å²) in [7, 11) is 1.62. The van der Waals surface area contributed by atoms with E-state index in [4.69, 9.17) is 10.5 Å². The summed E-state index contributed by atoms with van der Waals surface area (Å²) in [6.07, 6.45) is 4.74. The molecule has 1 aliphatic heterocycles. The van der Waals surface area contributed by atoms with Crippen molar-refractivity contribution in [2.45, 2.75) is 45.4 Å². The summed E-state index contributed by atoms with van der Waals surface area (Å²) in [5.74, 6) is 0.862. The van der Waals surface area contributed by atoms with Crippen LogP contribution in [0.5, 0.6) is 5.75 Å². The van der Waals surface area contributed by atoms with Crippen molar-refractivity contribution in [1.82, 2.24) is 0 Å². The van der Waals surface area contributed by atoms with Crippen LogP contribution in [0.4, 0.5) is 22.7 Å². The lowest BCUT2D eigenvalue weighted by Gasteiger charge is -2.30. The van der Waals surface area contributed by atoms with Gasteiger partial charge in [0.2, 0.25) is 5.91 Å². The Kier molecular flexibility index (Phi) is 9.27. The van der Waals surface area contributed by atoms with Crippen LogP contribution < -0.4 is 26.0 Å². The number of fused-ring (bicyclic) bond motifs is 1. The zero-order valence-electron chi connectivity index (χ0n) is 23.5. The van der Waals surface area contributed by atoms with Crippen LogP contribution in [0, 0.1) is 0 Å². The number of nitrogens with zero attached hydrogens (tertiary/aromatic N) is 1. The lowest BCUT2D eigenvalue weighted by molar-refractivity contribution is -0.116. The molecule has 1 heterocycles. The topological polar surface area (TPSA) is 96.7 Å². The summed E-state index contributed by atoms with van der Waals surface area (Å²) in [5, 5.41) is 5.90. The van der Waals surface area contributed by atoms with E-state index in [2.05, 4.69) is 36.0 Å². The van der Waals surface area contributed by atoms with E-state index in [1.54, 1.807) is 19.2 Å². The zero-order chi connectivity index (χ0) is 28.6. The van der Waals surface area contributed by atoms with Crippen molar-refractivity contribution >= 4 is 40.1 Å². The van der Waals surface area contributed by atoms with Crippen LogP contribution in [-0.4, -0.2) is 25.5 Å². The zero-order valence-corrected chi connectivity index (χ0v) is 23.5. The molecule has 0 unspecified atom stereocenters. The van der Waals surface area contributed by atoms with Gasteiger partial charge in [-0.3, -0.25) is 9.59 Å². The van der Waals surface area contributed by atoms with E-state index in [1.807, 2.05) is 60.8 Å². The highest BCUT2D eigenvalue weighted by Crippen LogP contribution is 2.39. The SMILES string of the molecule is C=C1C(C(=O)Nc2ccc(C(C)C)cc2)=CN(CCCCCC(=O)Nc2ccccc2N)c2ccc(OC)cc21. The fourth-order valence-electron chi connectivity index (χ4n) is 4.68. The number of nitrogens with one attached hydrogen (secondary N) is 2. The van der Waals surface area contributed by atoms with Crippen LogP contribution in [0.1, 0.15) is 56.6 Å². The Labute approximate surface area is 236 Å². The van der Waals surface area contributed by atoms with Crippen LogP contribution in [0.2, 0.25) is 0 Å². The van der Waals surface area contributed by atoms with Crippen molar-refractivity contribution in [1.29, 1.82) is 0 Å². The first-order chi connectivity index (χ1) is 19.3. The number of nitrogen functional groups attached to an aromatic ring is 1. The predicted molar refractivity (Wildman–Crippen MR) is 165 cm³/mol. The summed E-state index contributed by atoms with van der Waals surface area (Å²) >= 11 is 0. The van der Waals surface area contributed by atoms with Gasteiger partial charge in [-0.05, 0) is 72.4 Å². The average molecular weight is 539 g/mol. The Bertz CT molecular complexity index is 1410. The van der Waals surface area contributed by atoms with Crippen molar-refractivity contribution in [3.63, 3.8) is 0 Å². The third-order valence-electron chi connectivity index (χ3n) is 7.07. The minimum Gasteiger partial charge on any atom is -0.497 e.